The fourth-order valence-electron chi connectivity index (χ4n) is 2.93. The molecule has 0 saturated carbocycles. The molecule has 0 aliphatic heterocycles. The van der Waals surface area contributed by atoms with Gasteiger partial charge in [-0.1, -0.05) is 103 Å². The van der Waals surface area contributed by atoms with E-state index in [1.165, 1.54) is 55.4 Å². The van der Waals surface area contributed by atoms with Gasteiger partial charge in [-0.05, 0) is 12.2 Å². The molecule has 4 heteroatoms. The van der Waals surface area contributed by atoms with Crippen LogP contribution in [0.5, 0.6) is 0 Å². The van der Waals surface area contributed by atoms with Gasteiger partial charge in [0.2, 0.25) is 5.99 Å². The van der Waals surface area contributed by atoms with Crippen molar-refractivity contribution in [3.63, 3.8) is 0 Å². The lowest BCUT2D eigenvalue weighted by molar-refractivity contribution is 0.898. The van der Waals surface area contributed by atoms with Crippen molar-refractivity contribution >= 4 is 33.8 Å². The number of rotatable bonds is 14. The molecule has 22 heavy (non-hydrogen) atoms. The van der Waals surface area contributed by atoms with E-state index >= 15 is 0 Å². The maximum absolute atomic E-state index is 2.64. The van der Waals surface area contributed by atoms with Crippen LogP contribution in [0.1, 0.15) is 47.5 Å². The topological polar surface area (TPSA) is 0 Å². The van der Waals surface area contributed by atoms with Crippen molar-refractivity contribution in [1.29, 1.82) is 0 Å². The van der Waals surface area contributed by atoms with Crippen LogP contribution in [0.15, 0.2) is 0 Å². The summed E-state index contributed by atoms with van der Waals surface area (Å²) in [5, 5.41) is 0. The molecule has 0 saturated heterocycles. The second-order valence-corrected chi connectivity index (χ2v) is 20.4. The van der Waals surface area contributed by atoms with Gasteiger partial charge in [-0.2, -0.15) is 0 Å². The van der Waals surface area contributed by atoms with E-state index in [9.17, 15) is 0 Å². The van der Waals surface area contributed by atoms with Crippen LogP contribution in [0, 0.1) is 0 Å². The van der Waals surface area contributed by atoms with E-state index in [4.69, 9.17) is 0 Å². The zero-order valence-corrected chi connectivity index (χ0v) is 19.6. The molecule has 0 aliphatic rings. The molecule has 0 bridgehead atoms. The van der Waals surface area contributed by atoms with Crippen molar-refractivity contribution in [2.24, 2.45) is 0 Å². The Morgan fingerprint density at radius 2 is 1.14 bits per heavy atom. The van der Waals surface area contributed by atoms with Crippen LogP contribution in [0.2, 0.25) is 62.0 Å². The summed E-state index contributed by atoms with van der Waals surface area (Å²) in [6.45, 7) is 17.3. The minimum Gasteiger partial charge on any atom is -0.210 e. The van der Waals surface area contributed by atoms with Crippen LogP contribution in [0.4, 0.5) is 0 Å². The molecule has 0 unspecified atom stereocenters. The van der Waals surface area contributed by atoms with Crippen LogP contribution in [0.3, 0.4) is 0 Å². The van der Waals surface area contributed by atoms with E-state index in [-0.39, 0.29) is 0 Å². The van der Waals surface area contributed by atoms with Gasteiger partial charge in [-0.3, -0.25) is 0 Å². The highest BCUT2D eigenvalue weighted by atomic mass is 32.2. The van der Waals surface area contributed by atoms with E-state index < -0.39 is 16.1 Å². The monoisotopic (exact) mass is 358 g/mol. The van der Waals surface area contributed by atoms with Gasteiger partial charge < -0.3 is 0 Å². The van der Waals surface area contributed by atoms with Gasteiger partial charge in [-0.25, -0.2) is 11.6 Å². The fourth-order valence-corrected chi connectivity index (χ4v) is 9.21. The lowest BCUT2D eigenvalue weighted by Crippen LogP contribution is -2.31. The molecule has 0 spiro atoms. The first kappa shape index (κ1) is 22.8. The summed E-state index contributed by atoms with van der Waals surface area (Å²) in [7, 11) is -1.80. The SMILES string of the molecule is CCCCSB(CC[Si](C)(CC)CC)CC[Si](C)(CC)CC. The Labute approximate surface area is 149 Å². The molecule has 0 N–H and O–H groups in total. The summed E-state index contributed by atoms with van der Waals surface area (Å²) >= 11 is 2.31. The average molecular weight is 359 g/mol. The first-order chi connectivity index (χ1) is 10.4. The van der Waals surface area contributed by atoms with Crippen LogP contribution in [-0.4, -0.2) is 27.9 Å². The normalized spacial score (nSPS) is 12.7. The lowest BCUT2D eigenvalue weighted by Gasteiger charge is -2.28. The third-order valence-electron chi connectivity index (χ3n) is 6.41. The van der Waals surface area contributed by atoms with Gasteiger partial charge >= 0.3 is 0 Å². The van der Waals surface area contributed by atoms with E-state index in [1.807, 2.05) is 0 Å². The number of unbranched alkanes of at least 4 members (excludes halogenated alkanes) is 1. The van der Waals surface area contributed by atoms with Gasteiger partial charge in [0.1, 0.15) is 0 Å². The van der Waals surface area contributed by atoms with Gasteiger partial charge in [0.15, 0.2) is 0 Å². The van der Waals surface area contributed by atoms with Crippen molar-refractivity contribution < 1.29 is 0 Å². The summed E-state index contributed by atoms with van der Waals surface area (Å²) in [4.78, 5) is 0. The molecule has 132 valence electrons. The van der Waals surface area contributed by atoms with Gasteiger partial charge in [-0.15, -0.1) is 0 Å². The summed E-state index contributed by atoms with van der Waals surface area (Å²) in [5.41, 5.74) is 0. The van der Waals surface area contributed by atoms with Crippen molar-refractivity contribution in [2.75, 3.05) is 5.75 Å². The van der Waals surface area contributed by atoms with Crippen molar-refractivity contribution in [3.8, 4) is 0 Å². The number of hydrogen-bond acceptors (Lipinski definition) is 1. The maximum Gasteiger partial charge on any atom is 0.208 e. The Morgan fingerprint density at radius 3 is 1.45 bits per heavy atom. The molecule has 0 heterocycles. The molecule has 0 aliphatic carbocycles. The largest absolute Gasteiger partial charge is 0.210 e. The molecule has 0 fully saturated rings. The highest BCUT2D eigenvalue weighted by Gasteiger charge is 2.28. The summed E-state index contributed by atoms with van der Waals surface area (Å²) in [6, 6.07) is 9.05. The molecular weight excluding hydrogens is 315 g/mol. The zero-order valence-electron chi connectivity index (χ0n) is 16.8. The van der Waals surface area contributed by atoms with Crippen LogP contribution >= 0.6 is 11.6 Å². The van der Waals surface area contributed by atoms with Crippen LogP contribution in [-0.2, 0) is 0 Å². The second kappa shape index (κ2) is 12.2. The first-order valence-corrected chi connectivity index (χ1v) is 17.3. The molecule has 0 atom stereocenters. The summed E-state index contributed by atoms with van der Waals surface area (Å²) in [5.74, 6) is 2.36. The molecular formula is C18H43BSSi2. The Balaban J connectivity index is 4.48. The van der Waals surface area contributed by atoms with E-state index in [1.54, 1.807) is 12.1 Å². The minimum atomic E-state index is -0.901. The van der Waals surface area contributed by atoms with E-state index in [0.29, 0.717) is 0 Å². The van der Waals surface area contributed by atoms with E-state index in [0.717, 1.165) is 5.99 Å². The Morgan fingerprint density at radius 1 is 0.727 bits per heavy atom. The standard InChI is InChI=1S/C18H43BSSi2/c1-8-13-16-20-19(14-17-21(6,9-2)10-3)15-18-22(7,11-4)12-5/h8-18H2,1-7H3. The summed E-state index contributed by atoms with van der Waals surface area (Å²) < 4.78 is 0. The maximum atomic E-state index is 2.64. The van der Waals surface area contributed by atoms with Crippen LogP contribution < -0.4 is 0 Å². The smallest absolute Gasteiger partial charge is 0.208 e. The third kappa shape index (κ3) is 9.22. The number of hydrogen-bond donors (Lipinski definition) is 0. The molecule has 0 rings (SSSR count). The molecule has 0 nitrogen and oxygen atoms in total. The Hall–Kier alpha value is 0.849. The second-order valence-electron chi connectivity index (χ2n) is 7.96. The average Bonchev–Trinajstić information content (AvgIpc) is 2.56. The fraction of sp³-hybridized carbons (Fsp3) is 1.00. The minimum absolute atomic E-state index is 0.901. The van der Waals surface area contributed by atoms with Gasteiger partial charge in [0, 0.05) is 16.1 Å². The molecule has 0 aromatic carbocycles. The molecule has 0 amide bonds. The quantitative estimate of drug-likeness (QED) is 0.226. The third-order valence-corrected chi connectivity index (χ3v) is 17.7. The van der Waals surface area contributed by atoms with Gasteiger partial charge in [0.25, 0.3) is 0 Å². The van der Waals surface area contributed by atoms with Crippen LogP contribution in [0.25, 0.3) is 0 Å². The van der Waals surface area contributed by atoms with Crippen molar-refractivity contribution in [2.45, 2.75) is 109 Å². The molecule has 0 aromatic heterocycles. The highest BCUT2D eigenvalue weighted by Crippen LogP contribution is 2.31. The molecule has 0 radical (unpaired) electrons. The van der Waals surface area contributed by atoms with E-state index in [2.05, 4.69) is 59.3 Å². The van der Waals surface area contributed by atoms with Crippen molar-refractivity contribution in [3.05, 3.63) is 0 Å². The predicted molar refractivity (Wildman–Crippen MR) is 118 cm³/mol. The first-order valence-electron chi connectivity index (χ1n) is 10.00. The van der Waals surface area contributed by atoms with Crippen molar-refractivity contribution in [1.82, 2.24) is 0 Å². The lowest BCUT2D eigenvalue weighted by atomic mass is 9.70. The molecule has 0 aromatic rings. The predicted octanol–water partition coefficient (Wildman–Crippen LogP) is 7.75. The Bertz CT molecular complexity index is 244. The Kier molecular flexibility index (Phi) is 12.7. The highest BCUT2D eigenvalue weighted by molar-refractivity contribution is 8.25. The summed E-state index contributed by atoms with van der Waals surface area (Å²) in [6.07, 6.45) is 5.79. The van der Waals surface area contributed by atoms with Gasteiger partial charge in [0.05, 0.1) is 0 Å². The zero-order chi connectivity index (χ0) is 17.1.